The lowest BCUT2D eigenvalue weighted by atomic mass is 10.0. The monoisotopic (exact) mass is 208 g/mol. The molecule has 68 valence electrons. The van der Waals surface area contributed by atoms with Gasteiger partial charge in [-0.2, -0.15) is 0 Å². The standard InChI is InChI=1S/C5H20N2OSi3/c1-5(7,2-3-6)4-11(8)10-9/h8,11H,2-4,6-7,10H2,1,9H3. The van der Waals surface area contributed by atoms with Crippen molar-refractivity contribution >= 4 is 26.9 Å². The van der Waals surface area contributed by atoms with Crippen molar-refractivity contribution in [2.24, 2.45) is 11.5 Å². The van der Waals surface area contributed by atoms with Gasteiger partial charge in [0.2, 0.25) is 0 Å². The van der Waals surface area contributed by atoms with Crippen LogP contribution in [0.1, 0.15) is 13.3 Å². The third-order valence-electron chi connectivity index (χ3n) is 1.89. The fraction of sp³-hybridized carbons (Fsp3) is 1.00. The molecule has 0 aliphatic heterocycles. The van der Waals surface area contributed by atoms with E-state index in [4.69, 9.17) is 11.5 Å². The maximum absolute atomic E-state index is 9.53. The van der Waals surface area contributed by atoms with Crippen LogP contribution in [0.3, 0.4) is 0 Å². The first kappa shape index (κ1) is 11.5. The van der Waals surface area contributed by atoms with Gasteiger partial charge in [-0.1, -0.05) is 0 Å². The summed E-state index contributed by atoms with van der Waals surface area (Å²) in [4.78, 5) is 9.53. The maximum Gasteiger partial charge on any atom is 0.151 e. The molecule has 0 radical (unpaired) electrons. The van der Waals surface area contributed by atoms with Crippen molar-refractivity contribution in [3.8, 4) is 0 Å². The van der Waals surface area contributed by atoms with E-state index in [2.05, 4.69) is 0 Å². The second kappa shape index (κ2) is 5.22. The minimum absolute atomic E-state index is 0.0459. The van der Waals surface area contributed by atoms with Crippen LogP contribution in [-0.4, -0.2) is 43.8 Å². The van der Waals surface area contributed by atoms with Crippen LogP contribution in [0.4, 0.5) is 0 Å². The van der Waals surface area contributed by atoms with Crippen molar-refractivity contribution in [3.05, 3.63) is 0 Å². The van der Waals surface area contributed by atoms with E-state index in [0.29, 0.717) is 6.54 Å². The first-order valence-electron chi connectivity index (χ1n) is 4.19. The molecule has 0 aromatic heterocycles. The lowest BCUT2D eigenvalue weighted by Gasteiger charge is -2.25. The van der Waals surface area contributed by atoms with Crippen LogP contribution >= 0.6 is 0 Å². The van der Waals surface area contributed by atoms with Crippen molar-refractivity contribution in [1.82, 2.24) is 0 Å². The van der Waals surface area contributed by atoms with Gasteiger partial charge < -0.3 is 16.3 Å². The summed E-state index contributed by atoms with van der Waals surface area (Å²) in [7, 11) is -0.130. The van der Waals surface area contributed by atoms with Gasteiger partial charge in [-0.15, -0.1) is 0 Å². The third-order valence-corrected chi connectivity index (χ3v) is 16.4. The Morgan fingerprint density at radius 1 is 1.73 bits per heavy atom. The fourth-order valence-corrected chi connectivity index (χ4v) is 8.13. The highest BCUT2D eigenvalue weighted by Crippen LogP contribution is 2.11. The summed E-state index contributed by atoms with van der Waals surface area (Å²) < 4.78 is 0. The fourth-order valence-electron chi connectivity index (χ4n) is 1.11. The summed E-state index contributed by atoms with van der Waals surface area (Å²) in [6.45, 7) is 2.64. The maximum atomic E-state index is 9.53. The Labute approximate surface area is 75.1 Å². The van der Waals surface area contributed by atoms with Gasteiger partial charge in [0.15, 0.2) is 8.56 Å². The predicted molar refractivity (Wildman–Crippen MR) is 58.9 cm³/mol. The molecule has 5 N–H and O–H groups in total. The summed E-state index contributed by atoms with van der Waals surface area (Å²) in [5, 5.41) is 0. The van der Waals surface area contributed by atoms with E-state index < -0.39 is 8.56 Å². The molecular formula is C5H20N2OSi3. The third kappa shape index (κ3) is 5.76. The number of hydrogen-bond acceptors (Lipinski definition) is 3. The van der Waals surface area contributed by atoms with Crippen molar-refractivity contribution in [2.45, 2.75) is 24.9 Å². The zero-order chi connectivity index (χ0) is 8.91. The number of nitrogens with two attached hydrogens (primary N) is 2. The van der Waals surface area contributed by atoms with E-state index in [-0.39, 0.29) is 14.1 Å². The predicted octanol–water partition coefficient (Wildman–Crippen LogP) is -3.29. The van der Waals surface area contributed by atoms with E-state index in [1.165, 1.54) is 9.76 Å². The van der Waals surface area contributed by atoms with Crippen LogP contribution in [0.15, 0.2) is 0 Å². The lowest BCUT2D eigenvalue weighted by Crippen LogP contribution is -2.44. The Kier molecular flexibility index (Phi) is 5.48. The lowest BCUT2D eigenvalue weighted by molar-refractivity contribution is 0.459. The Morgan fingerprint density at radius 2 is 2.27 bits per heavy atom. The molecule has 6 heteroatoms. The zero-order valence-electron chi connectivity index (χ0n) is 7.51. The quantitative estimate of drug-likeness (QED) is 0.415. The average Bonchev–Trinajstić information content (AvgIpc) is 1.86. The van der Waals surface area contributed by atoms with Crippen molar-refractivity contribution in [1.29, 1.82) is 0 Å². The molecule has 0 saturated carbocycles. The van der Waals surface area contributed by atoms with E-state index in [1.54, 1.807) is 0 Å². The molecule has 0 heterocycles. The topological polar surface area (TPSA) is 72.3 Å². The molecule has 0 aliphatic rings. The van der Waals surface area contributed by atoms with Gasteiger partial charge in [-0.25, -0.2) is 0 Å². The van der Waals surface area contributed by atoms with Gasteiger partial charge in [0.05, 0.1) is 0 Å². The Morgan fingerprint density at radius 3 is 2.64 bits per heavy atom. The first-order chi connectivity index (χ1) is 5.02. The molecule has 0 rings (SSSR count). The first-order valence-corrected chi connectivity index (χ1v) is 14.4. The highest BCUT2D eigenvalue weighted by atomic mass is 29.5. The molecule has 0 amide bonds. The molecule has 0 spiro atoms. The largest absolute Gasteiger partial charge is 0.438 e. The molecule has 2 unspecified atom stereocenters. The van der Waals surface area contributed by atoms with Crippen LogP contribution in [0.25, 0.3) is 0 Å². The SMILES string of the molecule is CC(N)(CCN)C[SiH](O)[SiH2][SiH3]. The van der Waals surface area contributed by atoms with Gasteiger partial charge in [-0.3, -0.25) is 0 Å². The Hall–Kier alpha value is 0.531. The molecule has 11 heavy (non-hydrogen) atoms. The minimum atomic E-state index is -1.32. The average molecular weight is 208 g/mol. The highest BCUT2D eigenvalue weighted by Gasteiger charge is 2.21. The molecular weight excluding hydrogens is 188 g/mol. The Balaban J connectivity index is 3.70. The van der Waals surface area contributed by atoms with E-state index in [0.717, 1.165) is 12.5 Å². The van der Waals surface area contributed by atoms with Gasteiger partial charge >= 0.3 is 0 Å². The summed E-state index contributed by atoms with van der Waals surface area (Å²) in [5.41, 5.74) is 11.2. The molecule has 0 saturated heterocycles. The van der Waals surface area contributed by atoms with Gasteiger partial charge in [0.1, 0.15) is 0 Å². The highest BCUT2D eigenvalue weighted by molar-refractivity contribution is 7.28. The van der Waals surface area contributed by atoms with Crippen LogP contribution in [-0.2, 0) is 0 Å². The van der Waals surface area contributed by atoms with E-state index in [1.807, 2.05) is 6.92 Å². The summed E-state index contributed by atoms with van der Waals surface area (Å²) in [6.07, 6.45) is 0.840. The minimum Gasteiger partial charge on any atom is -0.438 e. The molecule has 0 aromatic carbocycles. The Bertz CT molecular complexity index is 112. The van der Waals surface area contributed by atoms with Crippen molar-refractivity contribution < 1.29 is 4.80 Å². The van der Waals surface area contributed by atoms with Crippen LogP contribution in [0.2, 0.25) is 6.04 Å². The van der Waals surface area contributed by atoms with Crippen LogP contribution < -0.4 is 11.5 Å². The molecule has 0 aromatic rings. The summed E-state index contributed by atoms with van der Waals surface area (Å²) in [5.74, 6) is 0. The van der Waals surface area contributed by atoms with Crippen molar-refractivity contribution in [3.63, 3.8) is 0 Å². The molecule has 3 nitrogen and oxygen atoms in total. The second-order valence-corrected chi connectivity index (χ2v) is 18.6. The molecule has 0 bridgehead atoms. The summed E-state index contributed by atoms with van der Waals surface area (Å²) >= 11 is 0. The number of hydrogen-bond donors (Lipinski definition) is 3. The van der Waals surface area contributed by atoms with Crippen LogP contribution in [0.5, 0.6) is 0 Å². The van der Waals surface area contributed by atoms with E-state index in [9.17, 15) is 4.80 Å². The van der Waals surface area contributed by atoms with Crippen molar-refractivity contribution in [2.75, 3.05) is 6.54 Å². The van der Waals surface area contributed by atoms with Gasteiger partial charge in [0, 0.05) is 14.1 Å². The molecule has 2 atom stereocenters. The normalized spacial score (nSPS) is 20.7. The summed E-state index contributed by atoms with van der Waals surface area (Å²) in [6, 6.07) is 0.875. The van der Waals surface area contributed by atoms with Gasteiger partial charge in [-0.05, 0) is 35.7 Å². The second-order valence-electron chi connectivity index (χ2n) is 3.46. The zero-order valence-corrected chi connectivity index (χ0v) is 12.1. The van der Waals surface area contributed by atoms with Gasteiger partial charge in [0.25, 0.3) is 0 Å². The van der Waals surface area contributed by atoms with Crippen LogP contribution in [0, 0.1) is 0 Å². The molecule has 0 fully saturated rings. The molecule has 0 aliphatic carbocycles. The number of rotatable bonds is 5. The van der Waals surface area contributed by atoms with E-state index >= 15 is 0 Å². The smallest absolute Gasteiger partial charge is 0.151 e.